The van der Waals surface area contributed by atoms with Crippen LogP contribution in [-0.2, 0) is 19.1 Å². The topological polar surface area (TPSA) is 117 Å². The summed E-state index contributed by atoms with van der Waals surface area (Å²) in [6.07, 6.45) is 0. The highest BCUT2D eigenvalue weighted by molar-refractivity contribution is 6.01. The minimum absolute atomic E-state index is 0.0155. The van der Waals surface area contributed by atoms with Crippen LogP contribution in [0.25, 0.3) is 0 Å². The molecule has 9 nitrogen and oxygen atoms in total. The van der Waals surface area contributed by atoms with E-state index in [9.17, 15) is 28.5 Å². The van der Waals surface area contributed by atoms with Gasteiger partial charge in [0.1, 0.15) is 12.4 Å². The van der Waals surface area contributed by atoms with E-state index in [4.69, 9.17) is 9.47 Å². The molecule has 0 bridgehead atoms. The summed E-state index contributed by atoms with van der Waals surface area (Å²) in [6.45, 7) is -0.202. The number of esters is 2. The van der Waals surface area contributed by atoms with Crippen LogP contribution in [0.5, 0.6) is 5.75 Å². The van der Waals surface area contributed by atoms with Crippen molar-refractivity contribution >= 4 is 17.6 Å². The predicted molar refractivity (Wildman–Crippen MR) is 92.9 cm³/mol. The molecule has 1 atom stereocenters. The van der Waals surface area contributed by atoms with Gasteiger partial charge >= 0.3 is 18.6 Å². The van der Waals surface area contributed by atoms with E-state index in [1.54, 1.807) is 6.92 Å². The molecule has 0 radical (unpaired) electrons. The third-order valence-electron chi connectivity index (χ3n) is 4.44. The number of non-ortho nitro benzene ring substituents is 1. The number of carbonyl (C=O) groups is 2. The summed E-state index contributed by atoms with van der Waals surface area (Å²) in [7, 11) is 0. The van der Waals surface area contributed by atoms with Crippen molar-refractivity contribution in [2.24, 2.45) is 0 Å². The second kappa shape index (κ2) is 7.86. The number of hydrogen-bond donors (Lipinski definition) is 1. The van der Waals surface area contributed by atoms with Gasteiger partial charge in [-0.2, -0.15) is 8.78 Å². The van der Waals surface area contributed by atoms with Crippen LogP contribution in [0.1, 0.15) is 25.3 Å². The van der Waals surface area contributed by atoms with Gasteiger partial charge in [0.25, 0.3) is 5.69 Å². The molecule has 29 heavy (non-hydrogen) atoms. The van der Waals surface area contributed by atoms with Crippen LogP contribution in [-0.4, -0.2) is 36.7 Å². The minimum atomic E-state index is -3.22. The lowest BCUT2D eigenvalue weighted by Gasteiger charge is -2.28. The average Bonchev–Trinajstić information content (AvgIpc) is 3.01. The number of nitrogens with zero attached hydrogens (tertiary/aromatic N) is 1. The number of hydrogen-bond acceptors (Lipinski definition) is 8. The van der Waals surface area contributed by atoms with Crippen molar-refractivity contribution in [2.75, 3.05) is 13.2 Å². The Balaban J connectivity index is 2.26. The number of nitro benzene ring substituents is 1. The molecule has 2 heterocycles. The molecular weight excluding hydrogens is 394 g/mol. The third-order valence-corrected chi connectivity index (χ3v) is 4.44. The van der Waals surface area contributed by atoms with E-state index in [2.05, 4.69) is 10.1 Å². The van der Waals surface area contributed by atoms with E-state index in [-0.39, 0.29) is 29.9 Å². The molecule has 0 amide bonds. The number of nitro groups is 1. The van der Waals surface area contributed by atoms with E-state index >= 15 is 0 Å². The van der Waals surface area contributed by atoms with Crippen molar-refractivity contribution in [3.8, 4) is 5.75 Å². The lowest BCUT2D eigenvalue weighted by atomic mass is 9.80. The van der Waals surface area contributed by atoms with Crippen LogP contribution >= 0.6 is 0 Å². The Morgan fingerprint density at radius 3 is 2.79 bits per heavy atom. The Hall–Kier alpha value is -3.50. The molecule has 0 spiro atoms. The van der Waals surface area contributed by atoms with Crippen molar-refractivity contribution < 1.29 is 37.5 Å². The Bertz CT molecular complexity index is 956. The summed E-state index contributed by atoms with van der Waals surface area (Å²) >= 11 is 0. The molecule has 2 aliphatic heterocycles. The van der Waals surface area contributed by atoms with Crippen LogP contribution in [0.15, 0.2) is 40.7 Å². The number of allylic oxidation sites excluding steroid dienone is 1. The summed E-state index contributed by atoms with van der Waals surface area (Å²) in [5, 5.41) is 14.1. The fourth-order valence-electron chi connectivity index (χ4n) is 3.34. The summed E-state index contributed by atoms with van der Waals surface area (Å²) in [5.41, 5.74) is 0.00617. The SMILES string of the molecule is CCOC(=O)C1=C(C)NC2=C(C(=O)OC2)C1c1cc([N+](=O)[O-])ccc1OC(F)F. The normalized spacial score (nSPS) is 18.4. The van der Waals surface area contributed by atoms with Crippen LogP contribution in [0.2, 0.25) is 0 Å². The van der Waals surface area contributed by atoms with Crippen LogP contribution in [0, 0.1) is 10.1 Å². The van der Waals surface area contributed by atoms with Gasteiger partial charge in [-0.25, -0.2) is 9.59 Å². The molecule has 1 aromatic carbocycles. The number of nitrogens with one attached hydrogen (secondary N) is 1. The van der Waals surface area contributed by atoms with Crippen LogP contribution in [0.4, 0.5) is 14.5 Å². The van der Waals surface area contributed by atoms with Crippen molar-refractivity contribution in [3.05, 3.63) is 56.4 Å². The molecular formula is C18H16F2N2O7. The Morgan fingerprint density at radius 1 is 1.45 bits per heavy atom. The third kappa shape index (κ3) is 3.75. The number of carbonyl (C=O) groups excluding carboxylic acids is 2. The first-order valence-electron chi connectivity index (χ1n) is 8.52. The van der Waals surface area contributed by atoms with E-state index in [1.807, 2.05) is 0 Å². The molecule has 3 rings (SSSR count). The zero-order valence-electron chi connectivity index (χ0n) is 15.4. The van der Waals surface area contributed by atoms with E-state index in [0.717, 1.165) is 18.2 Å². The first-order chi connectivity index (χ1) is 13.7. The number of cyclic esters (lactones) is 1. The van der Waals surface area contributed by atoms with Crippen molar-refractivity contribution in [1.29, 1.82) is 0 Å². The number of dihydropyridines is 1. The van der Waals surface area contributed by atoms with Crippen LogP contribution in [0.3, 0.4) is 0 Å². The molecule has 154 valence electrons. The van der Waals surface area contributed by atoms with Crippen molar-refractivity contribution in [3.63, 3.8) is 0 Å². The summed E-state index contributed by atoms with van der Waals surface area (Å²) in [6, 6.07) is 2.99. The molecule has 1 aromatic rings. The second-order valence-corrected chi connectivity index (χ2v) is 6.14. The lowest BCUT2D eigenvalue weighted by molar-refractivity contribution is -0.385. The molecule has 1 unspecified atom stereocenters. The van der Waals surface area contributed by atoms with Gasteiger partial charge in [0.05, 0.1) is 34.3 Å². The molecule has 0 saturated carbocycles. The first-order valence-corrected chi connectivity index (χ1v) is 8.52. The minimum Gasteiger partial charge on any atom is -0.463 e. The molecule has 0 saturated heterocycles. The summed E-state index contributed by atoms with van der Waals surface area (Å²) in [4.78, 5) is 35.5. The monoisotopic (exact) mass is 410 g/mol. The van der Waals surface area contributed by atoms with Gasteiger partial charge in [-0.3, -0.25) is 10.1 Å². The predicted octanol–water partition coefficient (Wildman–Crippen LogP) is 2.53. The average molecular weight is 410 g/mol. The standard InChI is InChI=1S/C18H16F2N2O7/c1-3-27-16(23)13-8(2)21-11-7-28-17(24)15(11)14(13)10-6-9(22(25)26)4-5-12(10)29-18(19)20/h4-6,14,18,21H,3,7H2,1-2H3. The highest BCUT2D eigenvalue weighted by atomic mass is 19.3. The molecule has 0 aliphatic carbocycles. The van der Waals surface area contributed by atoms with Crippen molar-refractivity contribution in [2.45, 2.75) is 26.4 Å². The number of ether oxygens (including phenoxy) is 3. The molecule has 11 heteroatoms. The second-order valence-electron chi connectivity index (χ2n) is 6.14. The molecule has 2 aliphatic rings. The highest BCUT2D eigenvalue weighted by Gasteiger charge is 2.43. The lowest BCUT2D eigenvalue weighted by Crippen LogP contribution is -2.30. The van der Waals surface area contributed by atoms with Crippen LogP contribution < -0.4 is 10.1 Å². The largest absolute Gasteiger partial charge is 0.463 e. The maximum atomic E-state index is 12.9. The van der Waals surface area contributed by atoms with E-state index < -0.39 is 40.8 Å². The van der Waals surface area contributed by atoms with Gasteiger partial charge < -0.3 is 19.5 Å². The zero-order valence-corrected chi connectivity index (χ0v) is 15.4. The van der Waals surface area contributed by atoms with Gasteiger partial charge in [0.2, 0.25) is 0 Å². The van der Waals surface area contributed by atoms with Gasteiger partial charge in [-0.1, -0.05) is 0 Å². The van der Waals surface area contributed by atoms with Crippen molar-refractivity contribution in [1.82, 2.24) is 5.32 Å². The fourth-order valence-corrected chi connectivity index (χ4v) is 3.34. The maximum absolute atomic E-state index is 12.9. The highest BCUT2D eigenvalue weighted by Crippen LogP contribution is 2.45. The summed E-state index contributed by atoms with van der Waals surface area (Å²) in [5.74, 6) is -3.22. The molecule has 0 aromatic heterocycles. The van der Waals surface area contributed by atoms with Gasteiger partial charge in [0.15, 0.2) is 0 Å². The smallest absolute Gasteiger partial charge is 0.387 e. The molecule has 0 fully saturated rings. The van der Waals surface area contributed by atoms with E-state index in [0.29, 0.717) is 11.4 Å². The zero-order chi connectivity index (χ0) is 21.3. The van der Waals surface area contributed by atoms with Gasteiger partial charge in [0, 0.05) is 23.4 Å². The van der Waals surface area contributed by atoms with E-state index in [1.165, 1.54) is 6.92 Å². The first kappa shape index (κ1) is 20.2. The maximum Gasteiger partial charge on any atom is 0.387 e. The quantitative estimate of drug-likeness (QED) is 0.432. The number of benzene rings is 1. The Morgan fingerprint density at radius 2 is 2.17 bits per heavy atom. The number of alkyl halides is 2. The van der Waals surface area contributed by atoms with Gasteiger partial charge in [-0.15, -0.1) is 0 Å². The molecule has 1 N–H and O–H groups in total. The van der Waals surface area contributed by atoms with Gasteiger partial charge in [-0.05, 0) is 19.9 Å². The number of halogens is 2. The Kier molecular flexibility index (Phi) is 5.48. The summed E-state index contributed by atoms with van der Waals surface area (Å²) < 4.78 is 40.5. The fraction of sp³-hybridized carbons (Fsp3) is 0.333. The number of rotatable bonds is 6. The Labute approximate surface area is 163 Å².